The van der Waals surface area contributed by atoms with E-state index in [9.17, 15) is 4.79 Å². The molecule has 0 aromatic heterocycles. The number of piperidine rings is 1. The Balaban J connectivity index is 1.97. The number of benzene rings is 1. The van der Waals surface area contributed by atoms with Crippen molar-refractivity contribution in [3.05, 3.63) is 29.8 Å². The van der Waals surface area contributed by atoms with Crippen LogP contribution in [0, 0.1) is 5.92 Å². The summed E-state index contributed by atoms with van der Waals surface area (Å²) < 4.78 is 0. The predicted octanol–water partition coefficient (Wildman–Crippen LogP) is 3.16. The lowest BCUT2D eigenvalue weighted by Crippen LogP contribution is -2.44. The number of amides is 1. The summed E-state index contributed by atoms with van der Waals surface area (Å²) in [6, 6.07) is 8.22. The molecule has 3 heteroatoms. The van der Waals surface area contributed by atoms with E-state index in [1.165, 1.54) is 0 Å². The molecule has 2 nitrogen and oxygen atoms in total. The van der Waals surface area contributed by atoms with Crippen LogP contribution < -0.4 is 0 Å². The Morgan fingerprint density at radius 1 is 1.33 bits per heavy atom. The minimum atomic E-state index is 0.251. The smallest absolute Gasteiger partial charge is 0.227 e. The number of likely N-dealkylation sites (tertiary alicyclic amines) is 1. The average Bonchev–Trinajstić information content (AvgIpc) is 2.32. The van der Waals surface area contributed by atoms with Gasteiger partial charge in [-0.25, -0.2) is 0 Å². The van der Waals surface area contributed by atoms with Gasteiger partial charge >= 0.3 is 0 Å². The van der Waals surface area contributed by atoms with Crippen molar-refractivity contribution < 1.29 is 4.79 Å². The summed E-state index contributed by atoms with van der Waals surface area (Å²) in [6.45, 7) is 5.33. The van der Waals surface area contributed by atoms with Crippen LogP contribution in [0.3, 0.4) is 0 Å². The normalized spacial score (nSPS) is 24.1. The van der Waals surface area contributed by atoms with E-state index in [1.807, 2.05) is 29.2 Å². The van der Waals surface area contributed by atoms with Crippen LogP contribution in [0.15, 0.2) is 29.2 Å². The molecule has 2 rings (SSSR count). The van der Waals surface area contributed by atoms with Crippen LogP contribution in [0.25, 0.3) is 0 Å². The lowest BCUT2D eigenvalue weighted by Gasteiger charge is -2.36. The topological polar surface area (TPSA) is 20.3 Å². The van der Waals surface area contributed by atoms with Gasteiger partial charge in [0, 0.05) is 17.5 Å². The first-order valence-electron chi connectivity index (χ1n) is 6.63. The quantitative estimate of drug-likeness (QED) is 0.813. The first kappa shape index (κ1) is 13.5. The van der Waals surface area contributed by atoms with Gasteiger partial charge < -0.3 is 4.90 Å². The highest BCUT2D eigenvalue weighted by Crippen LogP contribution is 2.23. The second-order valence-electron chi connectivity index (χ2n) is 5.41. The summed E-state index contributed by atoms with van der Waals surface area (Å²) in [6.07, 6.45) is 2.76. The Kier molecular flexibility index (Phi) is 4.33. The third-order valence-electron chi connectivity index (χ3n) is 3.75. The fourth-order valence-corrected chi connectivity index (χ4v) is 2.82. The van der Waals surface area contributed by atoms with Crippen LogP contribution in [0.2, 0.25) is 0 Å². The van der Waals surface area contributed by atoms with E-state index in [1.54, 1.807) is 0 Å². The van der Waals surface area contributed by atoms with Gasteiger partial charge in [0.15, 0.2) is 0 Å². The molecule has 0 bridgehead atoms. The van der Waals surface area contributed by atoms with Gasteiger partial charge in [-0.1, -0.05) is 19.1 Å². The van der Waals surface area contributed by atoms with E-state index in [2.05, 4.69) is 26.5 Å². The van der Waals surface area contributed by atoms with Crippen molar-refractivity contribution in [1.82, 2.24) is 4.90 Å². The zero-order valence-electron chi connectivity index (χ0n) is 11.1. The van der Waals surface area contributed by atoms with Crippen LogP contribution in [0.4, 0.5) is 0 Å². The minimum absolute atomic E-state index is 0.251. The maximum absolute atomic E-state index is 12.3. The predicted molar refractivity (Wildman–Crippen MR) is 77.0 cm³/mol. The van der Waals surface area contributed by atoms with E-state index >= 15 is 0 Å². The molecule has 1 aromatic carbocycles. The van der Waals surface area contributed by atoms with Gasteiger partial charge in [0.05, 0.1) is 6.42 Å². The Morgan fingerprint density at radius 2 is 2.00 bits per heavy atom. The molecule has 1 heterocycles. The van der Waals surface area contributed by atoms with Gasteiger partial charge in [0.2, 0.25) is 5.91 Å². The largest absolute Gasteiger partial charge is 0.340 e. The summed E-state index contributed by atoms with van der Waals surface area (Å²) in [5.74, 6) is 0.994. The molecule has 0 saturated carbocycles. The molecule has 1 amide bonds. The molecule has 0 radical (unpaired) electrons. The third kappa shape index (κ3) is 3.29. The molecule has 2 atom stereocenters. The van der Waals surface area contributed by atoms with Crippen molar-refractivity contribution in [3.8, 4) is 0 Å². The second-order valence-corrected chi connectivity index (χ2v) is 5.93. The fraction of sp³-hybridized carbons (Fsp3) is 0.533. The molecule has 18 heavy (non-hydrogen) atoms. The summed E-state index contributed by atoms with van der Waals surface area (Å²) in [5.41, 5.74) is 1.07. The molecule has 98 valence electrons. The van der Waals surface area contributed by atoms with Crippen LogP contribution >= 0.6 is 12.6 Å². The molecular formula is C15H21NOS. The summed E-state index contributed by atoms with van der Waals surface area (Å²) in [7, 11) is 0. The number of thiol groups is 1. The average molecular weight is 263 g/mol. The SMILES string of the molecule is CC1CCN(C(=O)Cc2ccc(S)cc2)C(C)C1. The van der Waals surface area contributed by atoms with Gasteiger partial charge in [0.1, 0.15) is 0 Å². The van der Waals surface area contributed by atoms with Crippen molar-refractivity contribution in [1.29, 1.82) is 0 Å². The molecule has 1 saturated heterocycles. The van der Waals surface area contributed by atoms with E-state index < -0.39 is 0 Å². The maximum atomic E-state index is 12.3. The number of carbonyl (C=O) groups is 1. The summed E-state index contributed by atoms with van der Waals surface area (Å²) in [5, 5.41) is 0. The fourth-order valence-electron chi connectivity index (χ4n) is 2.67. The van der Waals surface area contributed by atoms with Crippen molar-refractivity contribution in [2.45, 2.75) is 44.0 Å². The van der Waals surface area contributed by atoms with Crippen LogP contribution in [-0.4, -0.2) is 23.4 Å². The summed E-state index contributed by atoms with van der Waals surface area (Å²) >= 11 is 4.25. The molecule has 1 aliphatic heterocycles. The Bertz CT molecular complexity index is 415. The van der Waals surface area contributed by atoms with Gasteiger partial charge in [-0.05, 0) is 43.4 Å². The Labute approximate surface area is 115 Å². The Hall–Kier alpha value is -0.960. The monoisotopic (exact) mass is 263 g/mol. The lowest BCUT2D eigenvalue weighted by atomic mass is 9.93. The van der Waals surface area contributed by atoms with Crippen molar-refractivity contribution >= 4 is 18.5 Å². The highest BCUT2D eigenvalue weighted by Gasteiger charge is 2.26. The highest BCUT2D eigenvalue weighted by molar-refractivity contribution is 7.80. The van der Waals surface area contributed by atoms with Crippen LogP contribution in [0.5, 0.6) is 0 Å². The van der Waals surface area contributed by atoms with Crippen LogP contribution in [0.1, 0.15) is 32.3 Å². The number of carbonyl (C=O) groups excluding carboxylic acids is 1. The first-order chi connectivity index (χ1) is 8.56. The first-order valence-corrected chi connectivity index (χ1v) is 7.08. The molecule has 0 N–H and O–H groups in total. The molecule has 2 unspecified atom stereocenters. The molecule has 1 aliphatic rings. The van der Waals surface area contributed by atoms with Gasteiger partial charge in [-0.3, -0.25) is 4.79 Å². The second kappa shape index (κ2) is 5.79. The van der Waals surface area contributed by atoms with E-state index in [4.69, 9.17) is 0 Å². The molecule has 1 fully saturated rings. The molecular weight excluding hydrogens is 242 g/mol. The zero-order valence-corrected chi connectivity index (χ0v) is 12.0. The van der Waals surface area contributed by atoms with Crippen molar-refractivity contribution in [2.24, 2.45) is 5.92 Å². The van der Waals surface area contributed by atoms with E-state index in [-0.39, 0.29) is 5.91 Å². The van der Waals surface area contributed by atoms with Crippen molar-refractivity contribution in [3.63, 3.8) is 0 Å². The Morgan fingerprint density at radius 3 is 2.61 bits per heavy atom. The van der Waals surface area contributed by atoms with Crippen LogP contribution in [-0.2, 0) is 11.2 Å². The zero-order chi connectivity index (χ0) is 13.1. The molecule has 0 aliphatic carbocycles. The number of hydrogen-bond donors (Lipinski definition) is 1. The van der Waals surface area contributed by atoms with E-state index in [0.29, 0.717) is 12.5 Å². The highest BCUT2D eigenvalue weighted by atomic mass is 32.1. The minimum Gasteiger partial charge on any atom is -0.340 e. The maximum Gasteiger partial charge on any atom is 0.227 e. The van der Waals surface area contributed by atoms with E-state index in [0.717, 1.165) is 35.8 Å². The summed E-state index contributed by atoms with van der Waals surface area (Å²) in [4.78, 5) is 15.2. The van der Waals surface area contributed by atoms with Gasteiger partial charge in [-0.2, -0.15) is 0 Å². The number of rotatable bonds is 2. The number of nitrogens with zero attached hydrogens (tertiary/aromatic N) is 1. The van der Waals surface area contributed by atoms with Crippen molar-refractivity contribution in [2.75, 3.05) is 6.54 Å². The lowest BCUT2D eigenvalue weighted by molar-refractivity contribution is -0.134. The van der Waals surface area contributed by atoms with Gasteiger partial charge in [0.25, 0.3) is 0 Å². The third-order valence-corrected chi connectivity index (χ3v) is 4.05. The number of hydrogen-bond acceptors (Lipinski definition) is 2. The molecule has 0 spiro atoms. The molecule has 1 aromatic rings. The van der Waals surface area contributed by atoms with Gasteiger partial charge in [-0.15, -0.1) is 12.6 Å². The standard InChI is InChI=1S/C15H21NOS/c1-11-7-8-16(12(2)9-11)15(17)10-13-3-5-14(18)6-4-13/h3-6,11-12,18H,7-10H2,1-2H3.